The van der Waals surface area contributed by atoms with E-state index in [0.29, 0.717) is 18.4 Å². The van der Waals surface area contributed by atoms with Crippen LogP contribution >= 0.6 is 0 Å². The van der Waals surface area contributed by atoms with Crippen molar-refractivity contribution in [2.45, 2.75) is 19.8 Å². The summed E-state index contributed by atoms with van der Waals surface area (Å²) in [6, 6.07) is 3.51. The van der Waals surface area contributed by atoms with Crippen LogP contribution in [-0.2, 0) is 11.2 Å². The minimum absolute atomic E-state index is 0.0838. The zero-order valence-corrected chi connectivity index (χ0v) is 7.97. The SMILES string of the molecule is CC(C=O)CCc1ccc(F)cc1F. The number of halogens is 2. The van der Waals surface area contributed by atoms with Gasteiger partial charge in [-0.2, -0.15) is 0 Å². The van der Waals surface area contributed by atoms with Crippen molar-refractivity contribution in [3.63, 3.8) is 0 Å². The van der Waals surface area contributed by atoms with Gasteiger partial charge in [-0.3, -0.25) is 0 Å². The van der Waals surface area contributed by atoms with Gasteiger partial charge in [-0.1, -0.05) is 13.0 Å². The Hall–Kier alpha value is -1.25. The van der Waals surface area contributed by atoms with Crippen molar-refractivity contribution >= 4 is 6.29 Å². The maximum Gasteiger partial charge on any atom is 0.129 e. The summed E-state index contributed by atoms with van der Waals surface area (Å²) >= 11 is 0. The van der Waals surface area contributed by atoms with Gasteiger partial charge in [-0.05, 0) is 24.5 Å². The van der Waals surface area contributed by atoms with E-state index in [1.165, 1.54) is 12.1 Å². The van der Waals surface area contributed by atoms with Gasteiger partial charge in [0.15, 0.2) is 0 Å². The van der Waals surface area contributed by atoms with Gasteiger partial charge < -0.3 is 4.79 Å². The second-order valence-corrected chi connectivity index (χ2v) is 3.39. The van der Waals surface area contributed by atoms with Gasteiger partial charge in [0.05, 0.1) is 0 Å². The quantitative estimate of drug-likeness (QED) is 0.680. The summed E-state index contributed by atoms with van der Waals surface area (Å²) in [5.41, 5.74) is 0.458. The summed E-state index contributed by atoms with van der Waals surface area (Å²) in [5.74, 6) is -1.20. The first-order valence-corrected chi connectivity index (χ1v) is 4.52. The van der Waals surface area contributed by atoms with Crippen LogP contribution in [0.3, 0.4) is 0 Å². The van der Waals surface area contributed by atoms with E-state index in [1.807, 2.05) is 0 Å². The lowest BCUT2D eigenvalue weighted by Crippen LogP contribution is -2.00. The molecule has 76 valence electrons. The van der Waals surface area contributed by atoms with Gasteiger partial charge in [0.1, 0.15) is 17.9 Å². The summed E-state index contributed by atoms with van der Waals surface area (Å²) in [7, 11) is 0. The van der Waals surface area contributed by atoms with E-state index < -0.39 is 11.6 Å². The molecule has 1 aromatic carbocycles. The molecule has 0 saturated heterocycles. The number of carbonyl (C=O) groups is 1. The van der Waals surface area contributed by atoms with E-state index >= 15 is 0 Å². The summed E-state index contributed by atoms with van der Waals surface area (Å²) in [5, 5.41) is 0. The van der Waals surface area contributed by atoms with Crippen LogP contribution in [0, 0.1) is 17.6 Å². The number of carbonyl (C=O) groups excluding carboxylic acids is 1. The zero-order chi connectivity index (χ0) is 10.6. The van der Waals surface area contributed by atoms with Crippen LogP contribution < -0.4 is 0 Å². The average Bonchev–Trinajstić information content (AvgIpc) is 2.16. The number of aldehydes is 1. The molecule has 1 nitrogen and oxygen atoms in total. The average molecular weight is 198 g/mol. The first kappa shape index (κ1) is 10.8. The van der Waals surface area contributed by atoms with Crippen molar-refractivity contribution in [1.29, 1.82) is 0 Å². The van der Waals surface area contributed by atoms with Gasteiger partial charge >= 0.3 is 0 Å². The molecule has 0 fully saturated rings. The summed E-state index contributed by atoms with van der Waals surface area (Å²) in [6.45, 7) is 1.77. The topological polar surface area (TPSA) is 17.1 Å². The number of hydrogen-bond acceptors (Lipinski definition) is 1. The largest absolute Gasteiger partial charge is 0.303 e. The van der Waals surface area contributed by atoms with Gasteiger partial charge in [-0.25, -0.2) is 8.78 Å². The van der Waals surface area contributed by atoms with E-state index in [4.69, 9.17) is 0 Å². The summed E-state index contributed by atoms with van der Waals surface area (Å²) in [4.78, 5) is 10.3. The molecule has 0 aliphatic heterocycles. The molecular weight excluding hydrogens is 186 g/mol. The second kappa shape index (κ2) is 4.84. The molecule has 1 rings (SSSR count). The molecule has 0 heterocycles. The molecule has 3 heteroatoms. The van der Waals surface area contributed by atoms with E-state index in [1.54, 1.807) is 6.92 Å². The molecule has 0 saturated carbocycles. The molecule has 0 aliphatic rings. The Morgan fingerprint density at radius 3 is 2.71 bits per heavy atom. The van der Waals surface area contributed by atoms with Gasteiger partial charge in [0.2, 0.25) is 0 Å². The van der Waals surface area contributed by atoms with Crippen LogP contribution in [0.1, 0.15) is 18.9 Å². The molecule has 1 aromatic rings. The first-order valence-electron chi connectivity index (χ1n) is 4.52. The molecule has 0 amide bonds. The predicted molar refractivity (Wildman–Crippen MR) is 49.9 cm³/mol. The van der Waals surface area contributed by atoms with Crippen molar-refractivity contribution in [3.8, 4) is 0 Å². The van der Waals surface area contributed by atoms with Crippen molar-refractivity contribution in [3.05, 3.63) is 35.4 Å². The maximum atomic E-state index is 13.1. The third-order valence-corrected chi connectivity index (χ3v) is 2.12. The van der Waals surface area contributed by atoms with E-state index in [2.05, 4.69) is 0 Å². The number of aryl methyl sites for hydroxylation is 1. The van der Waals surface area contributed by atoms with Crippen LogP contribution in [0.5, 0.6) is 0 Å². The predicted octanol–water partition coefficient (Wildman–Crippen LogP) is 2.73. The highest BCUT2D eigenvalue weighted by Gasteiger charge is 2.06. The Bertz CT molecular complexity index is 323. The fourth-order valence-electron chi connectivity index (χ4n) is 1.18. The van der Waals surface area contributed by atoms with Crippen molar-refractivity contribution in [2.24, 2.45) is 5.92 Å². The third-order valence-electron chi connectivity index (χ3n) is 2.12. The van der Waals surface area contributed by atoms with Crippen LogP contribution in [0.15, 0.2) is 18.2 Å². The fraction of sp³-hybridized carbons (Fsp3) is 0.364. The molecule has 0 bridgehead atoms. The van der Waals surface area contributed by atoms with E-state index in [0.717, 1.165) is 12.4 Å². The Kier molecular flexibility index (Phi) is 3.74. The van der Waals surface area contributed by atoms with Gasteiger partial charge in [0.25, 0.3) is 0 Å². The van der Waals surface area contributed by atoms with E-state index in [-0.39, 0.29) is 5.92 Å². The summed E-state index contributed by atoms with van der Waals surface area (Å²) < 4.78 is 25.6. The highest BCUT2D eigenvalue weighted by molar-refractivity contribution is 5.52. The minimum Gasteiger partial charge on any atom is -0.303 e. The van der Waals surface area contributed by atoms with Crippen molar-refractivity contribution < 1.29 is 13.6 Å². The molecule has 0 aliphatic carbocycles. The number of rotatable bonds is 4. The highest BCUT2D eigenvalue weighted by Crippen LogP contribution is 2.13. The van der Waals surface area contributed by atoms with E-state index in [9.17, 15) is 13.6 Å². The molecular formula is C11H12F2O. The molecule has 0 N–H and O–H groups in total. The maximum absolute atomic E-state index is 13.1. The first-order chi connectivity index (χ1) is 6.63. The second-order valence-electron chi connectivity index (χ2n) is 3.39. The lowest BCUT2D eigenvalue weighted by atomic mass is 10.0. The fourth-order valence-corrected chi connectivity index (χ4v) is 1.18. The number of benzene rings is 1. The molecule has 1 unspecified atom stereocenters. The Labute approximate surface area is 81.7 Å². The molecule has 0 radical (unpaired) electrons. The lowest BCUT2D eigenvalue weighted by Gasteiger charge is -2.04. The molecule has 14 heavy (non-hydrogen) atoms. The summed E-state index contributed by atoms with van der Waals surface area (Å²) in [6.07, 6.45) is 1.89. The normalized spacial score (nSPS) is 12.5. The monoisotopic (exact) mass is 198 g/mol. The molecule has 1 atom stereocenters. The van der Waals surface area contributed by atoms with Crippen LogP contribution in [0.4, 0.5) is 8.78 Å². The van der Waals surface area contributed by atoms with Crippen molar-refractivity contribution in [2.75, 3.05) is 0 Å². The smallest absolute Gasteiger partial charge is 0.129 e. The third kappa shape index (κ3) is 2.91. The standard InChI is InChI=1S/C11H12F2O/c1-8(7-14)2-3-9-4-5-10(12)6-11(9)13/h4-8H,2-3H2,1H3. The zero-order valence-electron chi connectivity index (χ0n) is 7.97. The Morgan fingerprint density at radius 1 is 1.43 bits per heavy atom. The van der Waals surface area contributed by atoms with Crippen LogP contribution in [0.2, 0.25) is 0 Å². The molecule has 0 aromatic heterocycles. The Morgan fingerprint density at radius 2 is 2.14 bits per heavy atom. The Balaban J connectivity index is 2.63. The minimum atomic E-state index is -0.574. The lowest BCUT2D eigenvalue weighted by molar-refractivity contribution is -0.110. The van der Waals surface area contributed by atoms with Gasteiger partial charge in [-0.15, -0.1) is 0 Å². The van der Waals surface area contributed by atoms with Gasteiger partial charge in [0, 0.05) is 12.0 Å². The van der Waals surface area contributed by atoms with Crippen molar-refractivity contribution in [1.82, 2.24) is 0 Å². The van der Waals surface area contributed by atoms with Crippen LogP contribution in [0.25, 0.3) is 0 Å². The molecule has 0 spiro atoms. The van der Waals surface area contributed by atoms with Crippen LogP contribution in [-0.4, -0.2) is 6.29 Å². The number of hydrogen-bond donors (Lipinski definition) is 0. The highest BCUT2D eigenvalue weighted by atomic mass is 19.1.